The van der Waals surface area contributed by atoms with Gasteiger partial charge in [0.15, 0.2) is 0 Å². The van der Waals surface area contributed by atoms with Crippen LogP contribution in [0.3, 0.4) is 0 Å². The van der Waals surface area contributed by atoms with Gasteiger partial charge in [0.1, 0.15) is 0 Å². The molecule has 0 spiro atoms. The normalized spacial score (nSPS) is 10.6. The number of aromatic nitrogens is 2. The Morgan fingerprint density at radius 2 is 1.72 bits per heavy atom. The molecule has 0 saturated heterocycles. The van der Waals surface area contributed by atoms with Crippen LogP contribution >= 0.6 is 11.6 Å². The van der Waals surface area contributed by atoms with Crippen molar-refractivity contribution >= 4 is 17.5 Å². The Balaban J connectivity index is 2.12. The van der Waals surface area contributed by atoms with Crippen LogP contribution in [-0.2, 0) is 6.54 Å². The van der Waals surface area contributed by atoms with Gasteiger partial charge in [0.05, 0.1) is 6.54 Å². The maximum atomic E-state index is 12.8. The lowest BCUT2D eigenvalue weighted by Crippen LogP contribution is -2.43. The molecule has 0 aliphatic heterocycles. The van der Waals surface area contributed by atoms with Gasteiger partial charge >= 0.3 is 5.69 Å². The molecule has 3 rings (SSSR count). The molecule has 1 heterocycles. The summed E-state index contributed by atoms with van der Waals surface area (Å²) in [5.74, 6) is -0.521. The number of hydrogen-bond donors (Lipinski definition) is 0. The van der Waals surface area contributed by atoms with Gasteiger partial charge in [0, 0.05) is 22.3 Å². The molecule has 0 radical (unpaired) electrons. The first-order chi connectivity index (χ1) is 12.0. The standard InChI is InChI=1S/C19H15ClN2O3/c1-13-10-17(23)21(12-14-6-3-2-4-7-14)19(25)22(13)18(24)15-8-5-9-16(20)11-15/h2-11H,12H2,1H3. The second-order valence-electron chi connectivity index (χ2n) is 5.63. The molecule has 0 atom stereocenters. The highest BCUT2D eigenvalue weighted by Crippen LogP contribution is 2.12. The fourth-order valence-electron chi connectivity index (χ4n) is 2.60. The third kappa shape index (κ3) is 3.46. The molecule has 6 heteroatoms. The second kappa shape index (κ2) is 6.91. The molecule has 25 heavy (non-hydrogen) atoms. The molecule has 1 aromatic heterocycles. The highest BCUT2D eigenvalue weighted by Gasteiger charge is 2.17. The number of carbonyl (C=O) groups excluding carboxylic acids is 1. The summed E-state index contributed by atoms with van der Waals surface area (Å²) in [5, 5.41) is 0.397. The van der Waals surface area contributed by atoms with Crippen LogP contribution in [0.4, 0.5) is 0 Å². The van der Waals surface area contributed by atoms with Gasteiger partial charge in [-0.2, -0.15) is 0 Å². The molecular weight excluding hydrogens is 340 g/mol. The van der Waals surface area contributed by atoms with Gasteiger partial charge in [-0.05, 0) is 30.7 Å². The molecule has 0 amide bonds. The van der Waals surface area contributed by atoms with Crippen molar-refractivity contribution < 1.29 is 4.79 Å². The Kier molecular flexibility index (Phi) is 4.67. The fourth-order valence-corrected chi connectivity index (χ4v) is 2.79. The zero-order valence-corrected chi connectivity index (χ0v) is 14.2. The average molecular weight is 355 g/mol. The highest BCUT2D eigenvalue weighted by atomic mass is 35.5. The van der Waals surface area contributed by atoms with E-state index < -0.39 is 17.2 Å². The van der Waals surface area contributed by atoms with E-state index >= 15 is 0 Å². The van der Waals surface area contributed by atoms with Gasteiger partial charge in [-0.3, -0.25) is 14.2 Å². The van der Waals surface area contributed by atoms with Crippen LogP contribution in [0.1, 0.15) is 21.6 Å². The lowest BCUT2D eigenvalue weighted by atomic mass is 10.2. The Labute approximate surface area is 148 Å². The third-order valence-corrected chi connectivity index (χ3v) is 4.07. The van der Waals surface area contributed by atoms with Crippen molar-refractivity contribution in [2.75, 3.05) is 0 Å². The first-order valence-corrected chi connectivity index (χ1v) is 8.03. The van der Waals surface area contributed by atoms with Crippen molar-refractivity contribution in [3.8, 4) is 0 Å². The predicted molar refractivity (Wildman–Crippen MR) is 96.4 cm³/mol. The van der Waals surface area contributed by atoms with Crippen LogP contribution in [0, 0.1) is 6.92 Å². The number of benzene rings is 2. The van der Waals surface area contributed by atoms with Crippen LogP contribution in [-0.4, -0.2) is 15.0 Å². The third-order valence-electron chi connectivity index (χ3n) is 3.83. The van der Waals surface area contributed by atoms with Crippen molar-refractivity contribution in [3.05, 3.63) is 103 Å². The van der Waals surface area contributed by atoms with E-state index in [1.807, 2.05) is 30.3 Å². The Bertz CT molecular complexity index is 1050. The van der Waals surface area contributed by atoms with Gasteiger partial charge in [-0.15, -0.1) is 0 Å². The number of hydrogen-bond acceptors (Lipinski definition) is 3. The Morgan fingerprint density at radius 3 is 2.40 bits per heavy atom. The van der Waals surface area contributed by atoms with Gasteiger partial charge in [0.25, 0.3) is 11.5 Å². The summed E-state index contributed by atoms with van der Waals surface area (Å²) in [6, 6.07) is 16.8. The topological polar surface area (TPSA) is 61.1 Å². The van der Waals surface area contributed by atoms with Crippen molar-refractivity contribution in [2.24, 2.45) is 0 Å². The summed E-state index contributed by atoms with van der Waals surface area (Å²) < 4.78 is 2.04. The van der Waals surface area contributed by atoms with E-state index in [4.69, 9.17) is 11.6 Å². The fraction of sp³-hybridized carbons (Fsp3) is 0.105. The molecule has 0 saturated carbocycles. The quantitative estimate of drug-likeness (QED) is 0.726. The summed E-state index contributed by atoms with van der Waals surface area (Å²) in [6.45, 7) is 1.65. The second-order valence-corrected chi connectivity index (χ2v) is 6.07. The van der Waals surface area contributed by atoms with E-state index in [9.17, 15) is 14.4 Å². The molecular formula is C19H15ClN2O3. The largest absolute Gasteiger partial charge is 0.338 e. The van der Waals surface area contributed by atoms with E-state index in [1.165, 1.54) is 12.1 Å². The zero-order chi connectivity index (χ0) is 18.0. The molecule has 5 nitrogen and oxygen atoms in total. The van der Waals surface area contributed by atoms with Crippen LogP contribution in [0.2, 0.25) is 5.02 Å². The number of aryl methyl sites for hydroxylation is 1. The molecule has 0 fully saturated rings. The van der Waals surface area contributed by atoms with Crippen molar-refractivity contribution in [2.45, 2.75) is 13.5 Å². The summed E-state index contributed by atoms with van der Waals surface area (Å²) in [7, 11) is 0. The maximum Gasteiger partial charge on any atom is 0.338 e. The summed E-state index contributed by atoms with van der Waals surface area (Å²) in [5.41, 5.74) is 0.250. The van der Waals surface area contributed by atoms with Crippen LogP contribution in [0.15, 0.2) is 70.3 Å². The van der Waals surface area contributed by atoms with Gasteiger partial charge < -0.3 is 0 Å². The van der Waals surface area contributed by atoms with Gasteiger partial charge in [0.2, 0.25) is 0 Å². The van der Waals surface area contributed by atoms with Crippen LogP contribution in [0.5, 0.6) is 0 Å². The Hall–Kier alpha value is -2.92. The van der Waals surface area contributed by atoms with E-state index in [-0.39, 0.29) is 17.8 Å². The maximum absolute atomic E-state index is 12.8. The van der Waals surface area contributed by atoms with E-state index in [0.29, 0.717) is 5.02 Å². The minimum absolute atomic E-state index is 0.0988. The van der Waals surface area contributed by atoms with Crippen molar-refractivity contribution in [3.63, 3.8) is 0 Å². The molecule has 126 valence electrons. The summed E-state index contributed by atoms with van der Waals surface area (Å²) >= 11 is 5.92. The van der Waals surface area contributed by atoms with Crippen LogP contribution < -0.4 is 11.2 Å². The first-order valence-electron chi connectivity index (χ1n) is 7.65. The number of rotatable bonds is 3. The smallest absolute Gasteiger partial charge is 0.269 e. The lowest BCUT2D eigenvalue weighted by Gasteiger charge is -2.12. The Morgan fingerprint density at radius 1 is 1.00 bits per heavy atom. The van der Waals surface area contributed by atoms with Crippen LogP contribution in [0.25, 0.3) is 0 Å². The average Bonchev–Trinajstić information content (AvgIpc) is 2.59. The number of halogens is 1. The predicted octanol–water partition coefficient (Wildman–Crippen LogP) is 2.71. The molecule has 0 aliphatic carbocycles. The lowest BCUT2D eigenvalue weighted by molar-refractivity contribution is 0.0949. The SMILES string of the molecule is Cc1cc(=O)n(Cc2ccccc2)c(=O)n1C(=O)c1cccc(Cl)c1. The minimum Gasteiger partial charge on any atom is -0.269 e. The number of nitrogens with zero attached hydrogens (tertiary/aromatic N) is 2. The van der Waals surface area contributed by atoms with Crippen molar-refractivity contribution in [1.82, 2.24) is 9.13 Å². The summed E-state index contributed by atoms with van der Waals surface area (Å²) in [4.78, 5) is 37.8. The number of carbonyl (C=O) groups is 1. The van der Waals surface area contributed by atoms with E-state index in [0.717, 1.165) is 14.7 Å². The van der Waals surface area contributed by atoms with E-state index in [1.54, 1.807) is 25.1 Å². The minimum atomic E-state index is -0.668. The molecule has 2 aromatic carbocycles. The monoisotopic (exact) mass is 354 g/mol. The zero-order valence-electron chi connectivity index (χ0n) is 13.5. The molecule has 0 aliphatic rings. The van der Waals surface area contributed by atoms with Crippen molar-refractivity contribution in [1.29, 1.82) is 0 Å². The molecule has 0 N–H and O–H groups in total. The highest BCUT2D eigenvalue weighted by molar-refractivity contribution is 6.31. The van der Waals surface area contributed by atoms with Gasteiger partial charge in [-0.1, -0.05) is 48.0 Å². The summed E-state index contributed by atoms with van der Waals surface area (Å²) in [6.07, 6.45) is 0. The molecule has 0 unspecified atom stereocenters. The molecule has 3 aromatic rings. The van der Waals surface area contributed by atoms with E-state index in [2.05, 4.69) is 0 Å². The molecule has 0 bridgehead atoms. The van der Waals surface area contributed by atoms with Gasteiger partial charge in [-0.25, -0.2) is 9.36 Å². The first kappa shape index (κ1) is 16.9.